The molecule has 0 saturated heterocycles. The predicted molar refractivity (Wildman–Crippen MR) is 79.7 cm³/mol. The van der Waals surface area contributed by atoms with Crippen LogP contribution in [0.5, 0.6) is 0 Å². The first kappa shape index (κ1) is 15.3. The smallest absolute Gasteiger partial charge is 0.243 e. The van der Waals surface area contributed by atoms with Gasteiger partial charge in [0, 0.05) is 11.8 Å². The van der Waals surface area contributed by atoms with Gasteiger partial charge < -0.3 is 10.6 Å². The molecule has 0 aromatic heterocycles. The molecule has 2 aromatic rings. The molecule has 1 amide bonds. The Morgan fingerprint density at radius 2 is 1.81 bits per heavy atom. The molecule has 0 unspecified atom stereocenters. The third-order valence-electron chi connectivity index (χ3n) is 2.71. The number of hydrogen-bond donors (Lipinski definition) is 2. The van der Waals surface area contributed by atoms with Gasteiger partial charge in [-0.1, -0.05) is 17.7 Å². The first-order chi connectivity index (χ1) is 9.94. The maximum atomic E-state index is 13.0. The second-order valence-corrected chi connectivity index (χ2v) is 4.95. The van der Waals surface area contributed by atoms with E-state index in [-0.39, 0.29) is 18.1 Å². The fraction of sp³-hybridized carbons (Fsp3) is 0.133. The van der Waals surface area contributed by atoms with Crippen LogP contribution in [-0.4, -0.2) is 12.5 Å². The summed E-state index contributed by atoms with van der Waals surface area (Å²) in [5, 5.41) is 5.69. The van der Waals surface area contributed by atoms with E-state index in [9.17, 15) is 13.6 Å². The Bertz CT molecular complexity index is 656. The van der Waals surface area contributed by atoms with Crippen molar-refractivity contribution in [2.45, 2.75) is 6.92 Å². The van der Waals surface area contributed by atoms with Crippen molar-refractivity contribution in [3.63, 3.8) is 0 Å². The zero-order valence-corrected chi connectivity index (χ0v) is 12.0. The zero-order chi connectivity index (χ0) is 15.4. The Labute approximate surface area is 125 Å². The molecule has 0 saturated carbocycles. The van der Waals surface area contributed by atoms with Gasteiger partial charge >= 0.3 is 0 Å². The number of aryl methyl sites for hydroxylation is 1. The van der Waals surface area contributed by atoms with E-state index < -0.39 is 11.6 Å². The zero-order valence-electron chi connectivity index (χ0n) is 11.2. The van der Waals surface area contributed by atoms with Crippen molar-refractivity contribution in [1.82, 2.24) is 0 Å². The fourth-order valence-electron chi connectivity index (χ4n) is 1.75. The Morgan fingerprint density at radius 3 is 2.43 bits per heavy atom. The van der Waals surface area contributed by atoms with Crippen LogP contribution in [0, 0.1) is 18.6 Å². The standard InChI is InChI=1S/C15H13ClF2N2O/c1-9-2-3-14(13(16)4-9)20-15(21)8-19-12-6-10(17)5-11(18)7-12/h2-7,19H,8H2,1H3,(H,20,21). The van der Waals surface area contributed by atoms with Crippen LogP contribution in [0.3, 0.4) is 0 Å². The third-order valence-corrected chi connectivity index (χ3v) is 3.03. The lowest BCUT2D eigenvalue weighted by atomic mass is 10.2. The lowest BCUT2D eigenvalue weighted by Gasteiger charge is -2.09. The molecular formula is C15H13ClF2N2O. The molecule has 0 aliphatic carbocycles. The minimum Gasteiger partial charge on any atom is -0.376 e. The first-order valence-electron chi connectivity index (χ1n) is 6.20. The molecule has 0 spiro atoms. The number of benzene rings is 2. The van der Waals surface area contributed by atoms with Crippen LogP contribution in [0.4, 0.5) is 20.2 Å². The van der Waals surface area contributed by atoms with Gasteiger partial charge in [0.15, 0.2) is 0 Å². The highest BCUT2D eigenvalue weighted by atomic mass is 35.5. The average molecular weight is 311 g/mol. The SMILES string of the molecule is Cc1ccc(NC(=O)CNc2cc(F)cc(F)c2)c(Cl)c1. The van der Waals surface area contributed by atoms with Crippen molar-refractivity contribution in [1.29, 1.82) is 0 Å². The average Bonchev–Trinajstić information content (AvgIpc) is 2.39. The summed E-state index contributed by atoms with van der Waals surface area (Å²) in [6.07, 6.45) is 0. The summed E-state index contributed by atoms with van der Waals surface area (Å²) < 4.78 is 26.0. The molecule has 2 rings (SSSR count). The van der Waals surface area contributed by atoms with E-state index in [2.05, 4.69) is 10.6 Å². The summed E-state index contributed by atoms with van der Waals surface area (Å²) in [6, 6.07) is 8.21. The van der Waals surface area contributed by atoms with Gasteiger partial charge in [-0.2, -0.15) is 0 Å². The van der Waals surface area contributed by atoms with Crippen LogP contribution in [-0.2, 0) is 4.79 Å². The molecule has 0 radical (unpaired) electrons. The number of carbonyl (C=O) groups excluding carboxylic acids is 1. The van der Waals surface area contributed by atoms with E-state index in [0.717, 1.165) is 23.8 Å². The number of anilines is 2. The molecule has 21 heavy (non-hydrogen) atoms. The summed E-state index contributed by atoms with van der Waals surface area (Å²) in [6.45, 7) is 1.75. The number of hydrogen-bond acceptors (Lipinski definition) is 2. The summed E-state index contributed by atoms with van der Waals surface area (Å²) in [4.78, 5) is 11.8. The van der Waals surface area contributed by atoms with Gasteiger partial charge in [0.2, 0.25) is 5.91 Å². The van der Waals surface area contributed by atoms with Crippen molar-refractivity contribution in [3.05, 3.63) is 58.6 Å². The van der Waals surface area contributed by atoms with E-state index in [1.165, 1.54) is 0 Å². The number of nitrogens with one attached hydrogen (secondary N) is 2. The topological polar surface area (TPSA) is 41.1 Å². The Balaban J connectivity index is 1.95. The van der Waals surface area contributed by atoms with Crippen LogP contribution in [0.2, 0.25) is 5.02 Å². The summed E-state index contributed by atoms with van der Waals surface area (Å²) in [7, 11) is 0. The van der Waals surface area contributed by atoms with Gasteiger partial charge in [-0.25, -0.2) is 8.78 Å². The molecule has 0 bridgehead atoms. The monoisotopic (exact) mass is 310 g/mol. The van der Waals surface area contributed by atoms with E-state index in [1.54, 1.807) is 12.1 Å². The largest absolute Gasteiger partial charge is 0.376 e. The Morgan fingerprint density at radius 1 is 1.14 bits per heavy atom. The molecule has 110 valence electrons. The fourth-order valence-corrected chi connectivity index (χ4v) is 2.04. The van der Waals surface area contributed by atoms with Gasteiger partial charge in [-0.15, -0.1) is 0 Å². The van der Waals surface area contributed by atoms with Crippen molar-refractivity contribution in [2.75, 3.05) is 17.2 Å². The molecule has 0 aliphatic heterocycles. The quantitative estimate of drug-likeness (QED) is 0.897. The number of amides is 1. The van der Waals surface area contributed by atoms with Crippen molar-refractivity contribution < 1.29 is 13.6 Å². The highest BCUT2D eigenvalue weighted by Gasteiger charge is 2.07. The molecule has 2 N–H and O–H groups in total. The highest BCUT2D eigenvalue weighted by molar-refractivity contribution is 6.33. The lowest BCUT2D eigenvalue weighted by Crippen LogP contribution is -2.22. The number of halogens is 3. The highest BCUT2D eigenvalue weighted by Crippen LogP contribution is 2.22. The maximum Gasteiger partial charge on any atom is 0.243 e. The molecule has 0 heterocycles. The third kappa shape index (κ3) is 4.43. The molecular weight excluding hydrogens is 298 g/mol. The van der Waals surface area contributed by atoms with Gasteiger partial charge in [0.05, 0.1) is 17.3 Å². The van der Waals surface area contributed by atoms with Gasteiger partial charge in [-0.05, 0) is 36.8 Å². The molecule has 0 aliphatic rings. The second kappa shape index (κ2) is 6.54. The van der Waals surface area contributed by atoms with Crippen LogP contribution in [0.25, 0.3) is 0 Å². The minimum atomic E-state index is -0.709. The second-order valence-electron chi connectivity index (χ2n) is 4.54. The van der Waals surface area contributed by atoms with Crippen LogP contribution < -0.4 is 10.6 Å². The summed E-state index contributed by atoms with van der Waals surface area (Å²) >= 11 is 6.00. The first-order valence-corrected chi connectivity index (χ1v) is 6.58. The minimum absolute atomic E-state index is 0.132. The maximum absolute atomic E-state index is 13.0. The molecule has 3 nitrogen and oxygen atoms in total. The van der Waals surface area contributed by atoms with Gasteiger partial charge in [0.1, 0.15) is 11.6 Å². The van der Waals surface area contributed by atoms with E-state index in [0.29, 0.717) is 10.7 Å². The van der Waals surface area contributed by atoms with Crippen molar-refractivity contribution in [2.24, 2.45) is 0 Å². The van der Waals surface area contributed by atoms with Crippen molar-refractivity contribution >= 4 is 28.9 Å². The van der Waals surface area contributed by atoms with Crippen molar-refractivity contribution in [3.8, 4) is 0 Å². The van der Waals surface area contributed by atoms with Gasteiger partial charge in [-0.3, -0.25) is 4.79 Å². The van der Waals surface area contributed by atoms with E-state index in [1.807, 2.05) is 13.0 Å². The van der Waals surface area contributed by atoms with Gasteiger partial charge in [0.25, 0.3) is 0 Å². The predicted octanol–water partition coefficient (Wildman–Crippen LogP) is 3.98. The van der Waals surface area contributed by atoms with Crippen LogP contribution in [0.1, 0.15) is 5.56 Å². The molecule has 2 aromatic carbocycles. The summed E-state index contributed by atoms with van der Waals surface area (Å²) in [5.74, 6) is -1.79. The van der Waals surface area contributed by atoms with Crippen LogP contribution >= 0.6 is 11.6 Å². The number of carbonyl (C=O) groups is 1. The molecule has 0 fully saturated rings. The Kier molecular flexibility index (Phi) is 4.75. The normalized spacial score (nSPS) is 10.3. The molecule has 6 heteroatoms. The van der Waals surface area contributed by atoms with E-state index in [4.69, 9.17) is 11.6 Å². The lowest BCUT2D eigenvalue weighted by molar-refractivity contribution is -0.114. The van der Waals surface area contributed by atoms with Crippen LogP contribution in [0.15, 0.2) is 36.4 Å². The Hall–Kier alpha value is -2.14. The molecule has 0 atom stereocenters. The van der Waals surface area contributed by atoms with E-state index >= 15 is 0 Å². The summed E-state index contributed by atoms with van der Waals surface area (Å²) in [5.41, 5.74) is 1.66. The number of rotatable bonds is 4.